The average molecular weight is 425 g/mol. The molecule has 0 aliphatic carbocycles. The summed E-state index contributed by atoms with van der Waals surface area (Å²) in [5.41, 5.74) is 3.49. The number of aromatic nitrogens is 2. The average Bonchev–Trinajstić information content (AvgIpc) is 3.54. The molecule has 0 radical (unpaired) electrons. The van der Waals surface area contributed by atoms with E-state index in [4.69, 9.17) is 9.98 Å². The summed E-state index contributed by atoms with van der Waals surface area (Å²) in [7, 11) is 0. The molecule has 4 nitrogen and oxygen atoms in total. The highest BCUT2D eigenvalue weighted by atomic mass is 32.2. The number of rotatable bonds is 4. The van der Waals surface area contributed by atoms with Crippen LogP contribution in [0.1, 0.15) is 36.8 Å². The Morgan fingerprint density at radius 3 is 2.68 bits per heavy atom. The Balaban J connectivity index is 1.48. The van der Waals surface area contributed by atoms with Gasteiger partial charge in [-0.25, -0.2) is 0 Å². The molecule has 0 bridgehead atoms. The zero-order valence-electron chi connectivity index (χ0n) is 17.4. The molecule has 2 aromatic carbocycles. The first-order valence-electron chi connectivity index (χ1n) is 10.9. The maximum Gasteiger partial charge on any atom is 0.160 e. The Morgan fingerprint density at radius 1 is 0.968 bits per heavy atom. The Kier molecular flexibility index (Phi) is 4.57. The summed E-state index contributed by atoms with van der Waals surface area (Å²) in [6.45, 7) is 2.28. The van der Waals surface area contributed by atoms with Crippen molar-refractivity contribution in [3.05, 3.63) is 96.6 Å². The fourth-order valence-corrected chi connectivity index (χ4v) is 6.21. The van der Waals surface area contributed by atoms with Gasteiger partial charge in [-0.3, -0.25) is 9.98 Å². The molecule has 0 saturated carbocycles. The van der Waals surface area contributed by atoms with E-state index in [1.165, 1.54) is 27.3 Å². The van der Waals surface area contributed by atoms with Crippen molar-refractivity contribution in [1.29, 1.82) is 0 Å². The molecule has 5 heteroatoms. The summed E-state index contributed by atoms with van der Waals surface area (Å²) in [4.78, 5) is 12.4. The second kappa shape index (κ2) is 7.57. The van der Waals surface area contributed by atoms with E-state index >= 15 is 0 Å². The third kappa shape index (κ3) is 3.07. The molecule has 0 N–H and O–H groups in total. The topological polar surface area (TPSA) is 33.4 Å². The van der Waals surface area contributed by atoms with Gasteiger partial charge in [0, 0.05) is 35.6 Å². The molecule has 3 atom stereocenters. The highest BCUT2D eigenvalue weighted by Crippen LogP contribution is 2.48. The molecule has 1 fully saturated rings. The number of amidine groups is 1. The number of nitrogens with zero attached hydrogens (tertiary/aromatic N) is 4. The molecule has 4 aromatic rings. The lowest BCUT2D eigenvalue weighted by Crippen LogP contribution is -2.36. The molecular formula is C26H24N4S. The van der Waals surface area contributed by atoms with Crippen LogP contribution in [0.5, 0.6) is 0 Å². The van der Waals surface area contributed by atoms with Crippen molar-refractivity contribution in [3.63, 3.8) is 0 Å². The standard InChI is InChI=1S/C26H24N4S/c1-2-20-17-31-26-28-24(22-10-5-6-14-27-22)25(30(20)26)23-11-7-15-29(23)21-13-12-18-8-3-4-9-19(18)16-21/h3-16,20,24-25H,2,17H2,1H3/t20-,24+,25+/m0/s1. The summed E-state index contributed by atoms with van der Waals surface area (Å²) in [5.74, 6) is 1.11. The molecule has 154 valence electrons. The van der Waals surface area contributed by atoms with Crippen LogP contribution in [-0.4, -0.2) is 31.4 Å². The van der Waals surface area contributed by atoms with Crippen LogP contribution in [0.3, 0.4) is 0 Å². The molecule has 6 rings (SSSR count). The van der Waals surface area contributed by atoms with Crippen LogP contribution in [-0.2, 0) is 0 Å². The number of thioether (sulfide) groups is 1. The number of hydrogen-bond acceptors (Lipinski definition) is 4. The van der Waals surface area contributed by atoms with E-state index in [-0.39, 0.29) is 12.1 Å². The lowest BCUT2D eigenvalue weighted by Gasteiger charge is -2.32. The zero-order valence-corrected chi connectivity index (χ0v) is 18.2. The first kappa shape index (κ1) is 18.7. The number of pyridine rings is 1. The SMILES string of the molecule is CC[C@H]1CSC2=N[C@H](c3ccccn3)[C@@H](c3cccn3-c3ccc4ccccc4c3)N21. The third-order valence-electron chi connectivity index (χ3n) is 6.42. The quantitative estimate of drug-likeness (QED) is 0.403. The van der Waals surface area contributed by atoms with Crippen molar-refractivity contribution in [2.75, 3.05) is 5.75 Å². The summed E-state index contributed by atoms with van der Waals surface area (Å²) in [6, 6.07) is 26.5. The normalized spacial score (nSPS) is 22.7. The van der Waals surface area contributed by atoms with Gasteiger partial charge in [0.1, 0.15) is 12.1 Å². The van der Waals surface area contributed by atoms with Gasteiger partial charge in [-0.1, -0.05) is 55.1 Å². The van der Waals surface area contributed by atoms with Crippen molar-refractivity contribution >= 4 is 27.7 Å². The maximum absolute atomic E-state index is 5.17. The minimum atomic E-state index is 0.00663. The van der Waals surface area contributed by atoms with Gasteiger partial charge in [0.2, 0.25) is 0 Å². The van der Waals surface area contributed by atoms with Crippen LogP contribution >= 0.6 is 11.8 Å². The van der Waals surface area contributed by atoms with E-state index in [0.717, 1.165) is 17.9 Å². The molecule has 0 amide bonds. The number of aliphatic imine (C=N–C) groups is 1. The highest BCUT2D eigenvalue weighted by molar-refractivity contribution is 8.14. The van der Waals surface area contributed by atoms with Crippen LogP contribution in [0.15, 0.2) is 90.2 Å². The van der Waals surface area contributed by atoms with Gasteiger partial charge in [-0.15, -0.1) is 0 Å². The first-order chi connectivity index (χ1) is 15.3. The van der Waals surface area contributed by atoms with E-state index in [1.54, 1.807) is 0 Å². The van der Waals surface area contributed by atoms with E-state index in [2.05, 4.69) is 89.3 Å². The predicted molar refractivity (Wildman–Crippen MR) is 129 cm³/mol. The van der Waals surface area contributed by atoms with Gasteiger partial charge in [0.25, 0.3) is 0 Å². The molecule has 1 saturated heterocycles. The van der Waals surface area contributed by atoms with Crippen molar-refractivity contribution < 1.29 is 0 Å². The van der Waals surface area contributed by atoms with Gasteiger partial charge < -0.3 is 9.47 Å². The number of benzene rings is 2. The molecule has 2 aliphatic heterocycles. The van der Waals surface area contributed by atoms with E-state index in [1.807, 2.05) is 24.0 Å². The first-order valence-corrected chi connectivity index (χ1v) is 11.9. The largest absolute Gasteiger partial charge is 0.337 e. The summed E-state index contributed by atoms with van der Waals surface area (Å²) in [6.07, 6.45) is 5.17. The monoisotopic (exact) mass is 424 g/mol. The smallest absolute Gasteiger partial charge is 0.160 e. The molecule has 0 unspecified atom stereocenters. The highest BCUT2D eigenvalue weighted by Gasteiger charge is 2.46. The predicted octanol–water partition coefficient (Wildman–Crippen LogP) is 6.00. The Labute approximate surface area is 186 Å². The molecule has 2 aromatic heterocycles. The van der Waals surface area contributed by atoms with Crippen LogP contribution in [0.2, 0.25) is 0 Å². The third-order valence-corrected chi connectivity index (χ3v) is 7.55. The Morgan fingerprint density at radius 2 is 1.84 bits per heavy atom. The number of fused-ring (bicyclic) bond motifs is 2. The molecule has 2 aliphatic rings. The fraction of sp³-hybridized carbons (Fsp3) is 0.231. The van der Waals surface area contributed by atoms with Gasteiger partial charge >= 0.3 is 0 Å². The van der Waals surface area contributed by atoms with Crippen molar-refractivity contribution in [1.82, 2.24) is 14.5 Å². The van der Waals surface area contributed by atoms with Gasteiger partial charge in [-0.05, 0) is 53.6 Å². The van der Waals surface area contributed by atoms with Crippen molar-refractivity contribution in [3.8, 4) is 5.69 Å². The van der Waals surface area contributed by atoms with Crippen molar-refractivity contribution in [2.45, 2.75) is 31.5 Å². The van der Waals surface area contributed by atoms with Crippen LogP contribution in [0, 0.1) is 0 Å². The van der Waals surface area contributed by atoms with Gasteiger partial charge in [-0.2, -0.15) is 0 Å². The number of hydrogen-bond donors (Lipinski definition) is 0. The van der Waals surface area contributed by atoms with Gasteiger partial charge in [0.05, 0.1) is 5.69 Å². The summed E-state index contributed by atoms with van der Waals surface area (Å²) >= 11 is 1.89. The second-order valence-electron chi connectivity index (χ2n) is 8.17. The molecule has 31 heavy (non-hydrogen) atoms. The van der Waals surface area contributed by atoms with E-state index in [0.29, 0.717) is 6.04 Å². The molecule has 4 heterocycles. The molecule has 0 spiro atoms. The summed E-state index contributed by atoms with van der Waals surface area (Å²) in [5, 5.41) is 3.69. The maximum atomic E-state index is 5.17. The summed E-state index contributed by atoms with van der Waals surface area (Å²) < 4.78 is 2.33. The zero-order chi connectivity index (χ0) is 20.8. The fourth-order valence-electron chi connectivity index (χ4n) is 4.87. The minimum Gasteiger partial charge on any atom is -0.337 e. The Hall–Kier alpha value is -3.05. The van der Waals surface area contributed by atoms with Crippen LogP contribution in [0.4, 0.5) is 0 Å². The lowest BCUT2D eigenvalue weighted by atomic mass is 9.99. The molecular weight excluding hydrogens is 400 g/mol. The van der Waals surface area contributed by atoms with Gasteiger partial charge in [0.15, 0.2) is 5.17 Å². The Bertz CT molecular complexity index is 1260. The second-order valence-corrected chi connectivity index (χ2v) is 9.16. The van der Waals surface area contributed by atoms with Crippen LogP contribution in [0.25, 0.3) is 16.5 Å². The van der Waals surface area contributed by atoms with E-state index in [9.17, 15) is 0 Å². The van der Waals surface area contributed by atoms with Crippen LogP contribution < -0.4 is 0 Å². The minimum absolute atomic E-state index is 0.00663. The van der Waals surface area contributed by atoms with Crippen molar-refractivity contribution in [2.24, 2.45) is 4.99 Å². The van der Waals surface area contributed by atoms with E-state index < -0.39 is 0 Å². The lowest BCUT2D eigenvalue weighted by molar-refractivity contribution is 0.249.